The van der Waals surface area contributed by atoms with E-state index < -0.39 is 0 Å². The Bertz CT molecular complexity index is 368. The molecule has 1 N–H and O–H groups in total. The summed E-state index contributed by atoms with van der Waals surface area (Å²) >= 11 is 0. The van der Waals surface area contributed by atoms with E-state index in [4.69, 9.17) is 9.47 Å². The van der Waals surface area contributed by atoms with E-state index in [1.807, 2.05) is 0 Å². The summed E-state index contributed by atoms with van der Waals surface area (Å²) in [6, 6.07) is 8.69. The quantitative estimate of drug-likeness (QED) is 0.740. The van der Waals surface area contributed by atoms with Crippen molar-refractivity contribution in [2.24, 2.45) is 0 Å². The molecule has 3 heteroatoms. The summed E-state index contributed by atoms with van der Waals surface area (Å²) in [5, 5.41) is 3.54. The maximum atomic E-state index is 5.52. The molecule has 1 rings (SSSR count). The van der Waals surface area contributed by atoms with Gasteiger partial charge in [0.25, 0.3) is 0 Å². The molecule has 0 saturated heterocycles. The molecule has 0 amide bonds. The number of rotatable bonds is 8. The van der Waals surface area contributed by atoms with Crippen molar-refractivity contribution in [2.45, 2.75) is 45.8 Å². The molecular weight excluding hydrogens is 250 g/mol. The van der Waals surface area contributed by atoms with Crippen LogP contribution < -0.4 is 5.32 Å². The third-order valence-electron chi connectivity index (χ3n) is 3.19. The summed E-state index contributed by atoms with van der Waals surface area (Å²) in [5.41, 5.74) is 2.74. The van der Waals surface area contributed by atoms with Crippen molar-refractivity contribution < 1.29 is 9.47 Å². The highest BCUT2D eigenvalue weighted by molar-refractivity contribution is 5.25. The molecule has 1 atom stereocenters. The van der Waals surface area contributed by atoms with Crippen molar-refractivity contribution in [1.82, 2.24) is 5.32 Å². The molecule has 1 aromatic rings. The predicted molar refractivity (Wildman–Crippen MR) is 84.1 cm³/mol. The fourth-order valence-electron chi connectivity index (χ4n) is 1.85. The molecule has 0 saturated carbocycles. The summed E-state index contributed by atoms with van der Waals surface area (Å²) in [4.78, 5) is 0. The van der Waals surface area contributed by atoms with Gasteiger partial charge in [0.05, 0.1) is 19.8 Å². The highest BCUT2D eigenvalue weighted by atomic mass is 16.5. The van der Waals surface area contributed by atoms with Crippen LogP contribution in [0.25, 0.3) is 0 Å². The number of hydrogen-bond acceptors (Lipinski definition) is 3. The second-order valence-corrected chi connectivity index (χ2v) is 6.32. The third kappa shape index (κ3) is 7.04. The van der Waals surface area contributed by atoms with Gasteiger partial charge in [-0.2, -0.15) is 0 Å². The lowest BCUT2D eigenvalue weighted by atomic mass is 9.98. The van der Waals surface area contributed by atoms with Crippen molar-refractivity contribution in [3.05, 3.63) is 35.4 Å². The molecular formula is C17H29NO2. The van der Waals surface area contributed by atoms with Crippen molar-refractivity contribution in [3.63, 3.8) is 0 Å². The second-order valence-electron chi connectivity index (χ2n) is 6.32. The van der Waals surface area contributed by atoms with E-state index >= 15 is 0 Å². The third-order valence-corrected chi connectivity index (χ3v) is 3.19. The number of ether oxygens (including phenoxy) is 2. The molecule has 0 bridgehead atoms. The summed E-state index contributed by atoms with van der Waals surface area (Å²) in [6.45, 7) is 11.8. The molecule has 20 heavy (non-hydrogen) atoms. The monoisotopic (exact) mass is 279 g/mol. The zero-order valence-electron chi connectivity index (χ0n) is 13.5. The van der Waals surface area contributed by atoms with Crippen molar-refractivity contribution in [1.29, 1.82) is 0 Å². The van der Waals surface area contributed by atoms with Crippen LogP contribution >= 0.6 is 0 Å². The minimum Gasteiger partial charge on any atom is -0.382 e. The molecule has 0 spiro atoms. The minimum atomic E-state index is 0.170. The average Bonchev–Trinajstić information content (AvgIpc) is 2.41. The van der Waals surface area contributed by atoms with Gasteiger partial charge in [0.1, 0.15) is 0 Å². The van der Waals surface area contributed by atoms with Gasteiger partial charge in [-0.15, -0.1) is 0 Å². The second kappa shape index (κ2) is 8.40. The van der Waals surface area contributed by atoms with Crippen molar-refractivity contribution in [3.8, 4) is 0 Å². The number of methoxy groups -OCH3 is 1. The summed E-state index contributed by atoms with van der Waals surface area (Å²) in [7, 11) is 1.69. The predicted octanol–water partition coefficient (Wildman–Crippen LogP) is 3.34. The molecule has 0 radical (unpaired) electrons. The Morgan fingerprint density at radius 3 is 2.30 bits per heavy atom. The first-order chi connectivity index (χ1) is 9.42. The van der Waals surface area contributed by atoms with Gasteiger partial charge in [0.15, 0.2) is 0 Å². The molecule has 3 nitrogen and oxygen atoms in total. The van der Waals surface area contributed by atoms with Crippen LogP contribution in [0.2, 0.25) is 0 Å². The van der Waals surface area contributed by atoms with E-state index in [0.717, 1.165) is 6.54 Å². The Kier molecular flexibility index (Phi) is 7.20. The molecule has 0 aliphatic rings. The lowest BCUT2D eigenvalue weighted by molar-refractivity contribution is 0.0616. The van der Waals surface area contributed by atoms with Crippen LogP contribution in [0.4, 0.5) is 0 Å². The van der Waals surface area contributed by atoms with Gasteiger partial charge in [0.2, 0.25) is 0 Å². The first-order valence-corrected chi connectivity index (χ1v) is 7.33. The normalized spacial score (nSPS) is 13.4. The molecule has 0 heterocycles. The number of nitrogens with one attached hydrogen (secondary N) is 1. The Morgan fingerprint density at radius 1 is 1.10 bits per heavy atom. The molecule has 1 unspecified atom stereocenters. The van der Waals surface area contributed by atoms with E-state index in [1.54, 1.807) is 7.11 Å². The van der Waals surface area contributed by atoms with Gasteiger partial charge in [0, 0.05) is 19.2 Å². The van der Waals surface area contributed by atoms with E-state index in [2.05, 4.69) is 57.3 Å². The largest absolute Gasteiger partial charge is 0.382 e. The van der Waals surface area contributed by atoms with Gasteiger partial charge in [-0.25, -0.2) is 0 Å². The van der Waals surface area contributed by atoms with E-state index in [1.165, 1.54) is 11.1 Å². The van der Waals surface area contributed by atoms with Crippen LogP contribution in [0, 0.1) is 0 Å². The Labute approximate surface area is 123 Å². The van der Waals surface area contributed by atoms with Crippen LogP contribution in [0.5, 0.6) is 0 Å². The summed E-state index contributed by atoms with van der Waals surface area (Å²) < 4.78 is 10.5. The summed E-state index contributed by atoms with van der Waals surface area (Å²) in [6.07, 6.45) is 0. The Balaban J connectivity index is 2.41. The fraction of sp³-hybridized carbons (Fsp3) is 0.647. The fourth-order valence-corrected chi connectivity index (χ4v) is 1.85. The first-order valence-electron chi connectivity index (χ1n) is 7.33. The smallest absolute Gasteiger partial charge is 0.0718 e. The standard InChI is InChI=1S/C17H29NO2/c1-14(12-18-17(2,3)4)16-8-6-15(7-9-16)13-20-11-10-19-5/h6-9,14,18H,10-13H2,1-5H3. The van der Waals surface area contributed by atoms with Gasteiger partial charge >= 0.3 is 0 Å². The number of benzene rings is 1. The zero-order valence-corrected chi connectivity index (χ0v) is 13.5. The SMILES string of the molecule is COCCOCc1ccc(C(C)CNC(C)(C)C)cc1. The summed E-state index contributed by atoms with van der Waals surface area (Å²) in [5.74, 6) is 0.512. The van der Waals surface area contributed by atoms with Crippen molar-refractivity contribution in [2.75, 3.05) is 26.9 Å². The average molecular weight is 279 g/mol. The van der Waals surface area contributed by atoms with Crippen LogP contribution in [0.1, 0.15) is 44.7 Å². The molecule has 0 fully saturated rings. The number of hydrogen-bond donors (Lipinski definition) is 1. The van der Waals surface area contributed by atoms with E-state index in [9.17, 15) is 0 Å². The van der Waals surface area contributed by atoms with Crippen LogP contribution in [-0.4, -0.2) is 32.4 Å². The van der Waals surface area contributed by atoms with Gasteiger partial charge in [-0.3, -0.25) is 0 Å². The van der Waals surface area contributed by atoms with Crippen molar-refractivity contribution >= 4 is 0 Å². The highest BCUT2D eigenvalue weighted by Gasteiger charge is 2.12. The maximum absolute atomic E-state index is 5.52. The van der Waals surface area contributed by atoms with Gasteiger partial charge in [-0.1, -0.05) is 31.2 Å². The topological polar surface area (TPSA) is 30.5 Å². The molecule has 0 aromatic heterocycles. The van der Waals surface area contributed by atoms with E-state index in [-0.39, 0.29) is 5.54 Å². The molecule has 114 valence electrons. The van der Waals surface area contributed by atoms with Crippen LogP contribution in [0.3, 0.4) is 0 Å². The van der Waals surface area contributed by atoms with Crippen LogP contribution in [-0.2, 0) is 16.1 Å². The van der Waals surface area contributed by atoms with E-state index in [0.29, 0.717) is 25.7 Å². The lowest BCUT2D eigenvalue weighted by Crippen LogP contribution is -2.38. The van der Waals surface area contributed by atoms with Gasteiger partial charge in [-0.05, 0) is 37.8 Å². The minimum absolute atomic E-state index is 0.170. The van der Waals surface area contributed by atoms with Crippen LogP contribution in [0.15, 0.2) is 24.3 Å². The highest BCUT2D eigenvalue weighted by Crippen LogP contribution is 2.16. The Morgan fingerprint density at radius 2 is 1.75 bits per heavy atom. The zero-order chi connectivity index (χ0) is 15.0. The Hall–Kier alpha value is -0.900. The molecule has 0 aliphatic carbocycles. The van der Waals surface area contributed by atoms with Gasteiger partial charge < -0.3 is 14.8 Å². The first kappa shape index (κ1) is 17.2. The molecule has 1 aromatic carbocycles. The molecule has 0 aliphatic heterocycles. The lowest BCUT2D eigenvalue weighted by Gasteiger charge is -2.23. The maximum Gasteiger partial charge on any atom is 0.0718 e.